The summed E-state index contributed by atoms with van der Waals surface area (Å²) in [5.41, 5.74) is 1.10. The van der Waals surface area contributed by atoms with Crippen molar-refractivity contribution in [3.63, 3.8) is 0 Å². The lowest BCUT2D eigenvalue weighted by Crippen LogP contribution is -2.44. The topological polar surface area (TPSA) is 41.6 Å². The molecule has 2 aliphatic rings. The molecular formula is C12H20N2O2. The molecule has 1 fully saturated rings. The van der Waals surface area contributed by atoms with Crippen molar-refractivity contribution in [3.05, 3.63) is 11.8 Å². The predicted octanol–water partition coefficient (Wildman–Crippen LogP) is 0.543. The summed E-state index contributed by atoms with van der Waals surface area (Å²) >= 11 is 0. The number of hydrogen-bond donors (Lipinski definition) is 1. The van der Waals surface area contributed by atoms with Crippen LogP contribution in [0.3, 0.4) is 0 Å². The van der Waals surface area contributed by atoms with E-state index >= 15 is 0 Å². The number of nitrogens with zero attached hydrogens (tertiary/aromatic N) is 1. The molecule has 0 aromatic rings. The third-order valence-electron chi connectivity index (χ3n) is 3.04. The van der Waals surface area contributed by atoms with Gasteiger partial charge in [-0.15, -0.1) is 0 Å². The Kier molecular flexibility index (Phi) is 3.96. The lowest BCUT2D eigenvalue weighted by atomic mass is 10.2. The molecule has 1 N–H and O–H groups in total. The van der Waals surface area contributed by atoms with E-state index in [4.69, 9.17) is 4.74 Å². The van der Waals surface area contributed by atoms with Crippen LogP contribution in [-0.4, -0.2) is 49.6 Å². The molecule has 0 saturated carbocycles. The zero-order valence-corrected chi connectivity index (χ0v) is 9.87. The van der Waals surface area contributed by atoms with Gasteiger partial charge in [-0.3, -0.25) is 9.69 Å². The van der Waals surface area contributed by atoms with E-state index in [0.717, 1.165) is 45.0 Å². The van der Waals surface area contributed by atoms with Crippen LogP contribution in [-0.2, 0) is 9.53 Å². The van der Waals surface area contributed by atoms with E-state index in [9.17, 15) is 4.79 Å². The summed E-state index contributed by atoms with van der Waals surface area (Å²) in [4.78, 5) is 13.5. The molecule has 1 aliphatic heterocycles. The maximum atomic E-state index is 11.1. The van der Waals surface area contributed by atoms with E-state index in [1.165, 1.54) is 0 Å². The molecular weight excluding hydrogens is 204 g/mol. The lowest BCUT2D eigenvalue weighted by molar-refractivity contribution is -0.114. The minimum absolute atomic E-state index is 0.251. The first kappa shape index (κ1) is 11.6. The van der Waals surface area contributed by atoms with Crippen molar-refractivity contribution in [1.82, 2.24) is 10.2 Å². The molecule has 1 heterocycles. The van der Waals surface area contributed by atoms with Crippen molar-refractivity contribution in [2.75, 3.05) is 32.8 Å². The number of carbonyl (C=O) groups excluding carboxylic acids is 1. The highest BCUT2D eigenvalue weighted by molar-refractivity contribution is 5.92. The fourth-order valence-electron chi connectivity index (χ4n) is 2.24. The number of ketones is 1. The van der Waals surface area contributed by atoms with Gasteiger partial charge in [0.1, 0.15) is 0 Å². The van der Waals surface area contributed by atoms with Crippen LogP contribution in [0, 0.1) is 0 Å². The molecule has 90 valence electrons. The summed E-state index contributed by atoms with van der Waals surface area (Å²) in [6.45, 7) is 6.91. The minimum atomic E-state index is 0.251. The van der Waals surface area contributed by atoms with Gasteiger partial charge in [-0.2, -0.15) is 0 Å². The molecule has 1 saturated heterocycles. The fraction of sp³-hybridized carbons (Fsp3) is 0.750. The van der Waals surface area contributed by atoms with E-state index in [-0.39, 0.29) is 5.78 Å². The first-order valence-corrected chi connectivity index (χ1v) is 6.04. The van der Waals surface area contributed by atoms with E-state index < -0.39 is 0 Å². The molecule has 0 aromatic carbocycles. The van der Waals surface area contributed by atoms with Gasteiger partial charge < -0.3 is 10.1 Å². The number of ether oxygens (including phenoxy) is 1. The number of nitrogens with one attached hydrogen (secondary N) is 1. The zero-order chi connectivity index (χ0) is 11.4. The fourth-order valence-corrected chi connectivity index (χ4v) is 2.24. The molecule has 0 radical (unpaired) electrons. The highest BCUT2D eigenvalue weighted by atomic mass is 16.5. The van der Waals surface area contributed by atoms with Crippen LogP contribution in [0.4, 0.5) is 0 Å². The Bertz CT molecular complexity index is 283. The smallest absolute Gasteiger partial charge is 0.157 e. The lowest BCUT2D eigenvalue weighted by Gasteiger charge is -2.29. The first-order chi connectivity index (χ1) is 7.74. The van der Waals surface area contributed by atoms with Gasteiger partial charge in [0.25, 0.3) is 0 Å². The van der Waals surface area contributed by atoms with Crippen molar-refractivity contribution in [2.45, 2.75) is 25.8 Å². The molecule has 16 heavy (non-hydrogen) atoms. The number of carbonyl (C=O) groups is 1. The van der Waals surface area contributed by atoms with Crippen LogP contribution >= 0.6 is 0 Å². The van der Waals surface area contributed by atoms with Gasteiger partial charge in [0.2, 0.25) is 0 Å². The standard InChI is InChI=1S/C12H20N2O2/c1-10(9-14-4-6-16-7-5-14)13-11-2-3-12(15)8-11/h8,10,13H,2-7,9H2,1H3. The second kappa shape index (κ2) is 5.46. The molecule has 4 heteroatoms. The first-order valence-electron chi connectivity index (χ1n) is 6.04. The second-order valence-electron chi connectivity index (χ2n) is 4.59. The zero-order valence-electron chi connectivity index (χ0n) is 9.87. The van der Waals surface area contributed by atoms with Gasteiger partial charge in [0.15, 0.2) is 5.78 Å². The van der Waals surface area contributed by atoms with Crippen molar-refractivity contribution in [3.8, 4) is 0 Å². The van der Waals surface area contributed by atoms with E-state index in [1.54, 1.807) is 6.08 Å². The number of morpholine rings is 1. The van der Waals surface area contributed by atoms with Crippen molar-refractivity contribution in [2.24, 2.45) is 0 Å². The Morgan fingerprint density at radius 2 is 2.19 bits per heavy atom. The maximum Gasteiger partial charge on any atom is 0.157 e. The Morgan fingerprint density at radius 1 is 1.44 bits per heavy atom. The van der Waals surface area contributed by atoms with Gasteiger partial charge in [-0.05, 0) is 13.3 Å². The molecule has 1 aliphatic carbocycles. The summed E-state index contributed by atoms with van der Waals surface area (Å²) in [5, 5.41) is 3.41. The third kappa shape index (κ3) is 3.32. The quantitative estimate of drug-likeness (QED) is 0.757. The van der Waals surface area contributed by atoms with E-state index in [1.807, 2.05) is 0 Å². The maximum absolute atomic E-state index is 11.1. The molecule has 0 amide bonds. The Morgan fingerprint density at radius 3 is 2.81 bits per heavy atom. The minimum Gasteiger partial charge on any atom is -0.384 e. The normalized spacial score (nSPS) is 24.3. The average Bonchev–Trinajstić information content (AvgIpc) is 2.65. The predicted molar refractivity (Wildman–Crippen MR) is 62.2 cm³/mol. The number of rotatable bonds is 4. The summed E-state index contributed by atoms with van der Waals surface area (Å²) in [6.07, 6.45) is 3.30. The highest BCUT2D eigenvalue weighted by Gasteiger charge is 2.16. The van der Waals surface area contributed by atoms with Crippen LogP contribution < -0.4 is 5.32 Å². The summed E-state index contributed by atoms with van der Waals surface area (Å²) in [7, 11) is 0. The largest absolute Gasteiger partial charge is 0.384 e. The second-order valence-corrected chi connectivity index (χ2v) is 4.59. The molecule has 1 atom stereocenters. The monoisotopic (exact) mass is 224 g/mol. The SMILES string of the molecule is CC(CN1CCOCC1)NC1=CC(=O)CC1. The van der Waals surface area contributed by atoms with E-state index in [0.29, 0.717) is 12.5 Å². The van der Waals surface area contributed by atoms with Crippen LogP contribution in [0.2, 0.25) is 0 Å². The van der Waals surface area contributed by atoms with Crippen LogP contribution in [0.1, 0.15) is 19.8 Å². The van der Waals surface area contributed by atoms with Crippen molar-refractivity contribution in [1.29, 1.82) is 0 Å². The van der Waals surface area contributed by atoms with Gasteiger partial charge >= 0.3 is 0 Å². The van der Waals surface area contributed by atoms with Crippen molar-refractivity contribution < 1.29 is 9.53 Å². The summed E-state index contributed by atoms with van der Waals surface area (Å²) in [6, 6.07) is 0.398. The number of allylic oxidation sites excluding steroid dienone is 2. The molecule has 1 unspecified atom stereocenters. The molecule has 0 spiro atoms. The molecule has 0 bridgehead atoms. The Balaban J connectivity index is 1.73. The molecule has 4 nitrogen and oxygen atoms in total. The Labute approximate surface area is 96.6 Å². The van der Waals surface area contributed by atoms with E-state index in [2.05, 4.69) is 17.1 Å². The summed E-state index contributed by atoms with van der Waals surface area (Å²) in [5.74, 6) is 0.251. The third-order valence-corrected chi connectivity index (χ3v) is 3.04. The van der Waals surface area contributed by atoms with Crippen LogP contribution in [0.15, 0.2) is 11.8 Å². The molecule has 0 aromatic heterocycles. The number of hydrogen-bond acceptors (Lipinski definition) is 4. The van der Waals surface area contributed by atoms with Crippen LogP contribution in [0.25, 0.3) is 0 Å². The highest BCUT2D eigenvalue weighted by Crippen LogP contribution is 2.12. The Hall–Kier alpha value is -0.870. The van der Waals surface area contributed by atoms with Gasteiger partial charge in [0, 0.05) is 43.9 Å². The van der Waals surface area contributed by atoms with Crippen LogP contribution in [0.5, 0.6) is 0 Å². The van der Waals surface area contributed by atoms with Crippen molar-refractivity contribution >= 4 is 5.78 Å². The van der Waals surface area contributed by atoms with Gasteiger partial charge in [-0.1, -0.05) is 0 Å². The van der Waals surface area contributed by atoms with Gasteiger partial charge in [0.05, 0.1) is 13.2 Å². The van der Waals surface area contributed by atoms with Gasteiger partial charge in [-0.25, -0.2) is 0 Å². The summed E-state index contributed by atoms with van der Waals surface area (Å²) < 4.78 is 5.31. The average molecular weight is 224 g/mol. The molecule has 2 rings (SSSR count).